The summed E-state index contributed by atoms with van der Waals surface area (Å²) in [5.41, 5.74) is 0. The zero-order valence-electron chi connectivity index (χ0n) is 11.0. The van der Waals surface area contributed by atoms with Gasteiger partial charge in [0.1, 0.15) is 11.6 Å². The quantitative estimate of drug-likeness (QED) is 0.633. The standard InChI is InChI=1S/C15H26O2/c16-14-10-6-4-2-1-3-5-7-11-15(17)13-9-8-12-14/h1-13H2. The Bertz CT molecular complexity index is 209. The summed E-state index contributed by atoms with van der Waals surface area (Å²) < 4.78 is 0. The van der Waals surface area contributed by atoms with Crippen LogP contribution in [0.25, 0.3) is 0 Å². The van der Waals surface area contributed by atoms with E-state index in [0.717, 1.165) is 38.5 Å². The van der Waals surface area contributed by atoms with Crippen LogP contribution in [0.4, 0.5) is 0 Å². The molecule has 2 nitrogen and oxygen atoms in total. The van der Waals surface area contributed by atoms with Crippen LogP contribution in [0.2, 0.25) is 0 Å². The Morgan fingerprint density at radius 1 is 0.412 bits per heavy atom. The molecule has 1 rings (SSSR count). The summed E-state index contributed by atoms with van der Waals surface area (Å²) in [6.07, 6.45) is 13.0. The fourth-order valence-corrected chi connectivity index (χ4v) is 2.42. The van der Waals surface area contributed by atoms with Crippen LogP contribution in [-0.4, -0.2) is 11.6 Å². The van der Waals surface area contributed by atoms with Crippen LogP contribution in [0.5, 0.6) is 0 Å². The van der Waals surface area contributed by atoms with E-state index in [0.29, 0.717) is 24.4 Å². The molecule has 0 heterocycles. The number of hydrogen-bond donors (Lipinski definition) is 0. The molecule has 0 aromatic rings. The Labute approximate surface area is 105 Å². The molecule has 17 heavy (non-hydrogen) atoms. The van der Waals surface area contributed by atoms with Crippen LogP contribution in [0, 0.1) is 0 Å². The number of rotatable bonds is 0. The van der Waals surface area contributed by atoms with Gasteiger partial charge in [0.15, 0.2) is 0 Å². The molecule has 1 aliphatic rings. The maximum absolute atomic E-state index is 11.5. The second kappa shape index (κ2) is 9.38. The van der Waals surface area contributed by atoms with E-state index in [1.54, 1.807) is 0 Å². The topological polar surface area (TPSA) is 34.1 Å². The summed E-state index contributed by atoms with van der Waals surface area (Å²) in [4.78, 5) is 23.0. The molecular weight excluding hydrogens is 212 g/mol. The lowest BCUT2D eigenvalue weighted by Gasteiger charge is -2.01. The number of ketones is 2. The van der Waals surface area contributed by atoms with Gasteiger partial charge in [-0.2, -0.15) is 0 Å². The normalized spacial score (nSPS) is 22.8. The van der Waals surface area contributed by atoms with Crippen molar-refractivity contribution in [3.8, 4) is 0 Å². The molecule has 0 bridgehead atoms. The average Bonchev–Trinajstić information content (AvgIpc) is 2.32. The van der Waals surface area contributed by atoms with Gasteiger partial charge in [0.25, 0.3) is 0 Å². The molecule has 0 aromatic heterocycles. The van der Waals surface area contributed by atoms with Crippen LogP contribution in [0.3, 0.4) is 0 Å². The van der Waals surface area contributed by atoms with Gasteiger partial charge in [0.05, 0.1) is 0 Å². The molecule has 0 aromatic carbocycles. The molecule has 0 radical (unpaired) electrons. The Hall–Kier alpha value is -0.660. The number of hydrogen-bond acceptors (Lipinski definition) is 2. The predicted molar refractivity (Wildman–Crippen MR) is 70.0 cm³/mol. The molecule has 1 aliphatic carbocycles. The van der Waals surface area contributed by atoms with Crippen molar-refractivity contribution in [2.24, 2.45) is 0 Å². The van der Waals surface area contributed by atoms with E-state index in [1.807, 2.05) is 0 Å². The highest BCUT2D eigenvalue weighted by Crippen LogP contribution is 2.13. The van der Waals surface area contributed by atoms with Gasteiger partial charge >= 0.3 is 0 Å². The highest BCUT2D eigenvalue weighted by molar-refractivity contribution is 5.79. The molecule has 1 saturated carbocycles. The molecule has 2 heteroatoms. The molecule has 0 N–H and O–H groups in total. The van der Waals surface area contributed by atoms with Crippen molar-refractivity contribution in [1.82, 2.24) is 0 Å². The fraction of sp³-hybridized carbons (Fsp3) is 0.867. The van der Waals surface area contributed by atoms with Crippen LogP contribution in [0.15, 0.2) is 0 Å². The van der Waals surface area contributed by atoms with Crippen molar-refractivity contribution in [3.05, 3.63) is 0 Å². The third kappa shape index (κ3) is 8.12. The van der Waals surface area contributed by atoms with Gasteiger partial charge in [-0.3, -0.25) is 9.59 Å². The highest BCUT2D eigenvalue weighted by Gasteiger charge is 2.05. The van der Waals surface area contributed by atoms with Crippen molar-refractivity contribution in [1.29, 1.82) is 0 Å². The summed E-state index contributed by atoms with van der Waals surface area (Å²) in [5.74, 6) is 0.791. The van der Waals surface area contributed by atoms with Gasteiger partial charge in [0, 0.05) is 25.7 Å². The molecule has 1 fully saturated rings. The summed E-state index contributed by atoms with van der Waals surface area (Å²) in [6.45, 7) is 0. The zero-order valence-corrected chi connectivity index (χ0v) is 11.0. The summed E-state index contributed by atoms with van der Waals surface area (Å²) in [6, 6.07) is 0. The van der Waals surface area contributed by atoms with Crippen LogP contribution in [0.1, 0.15) is 83.5 Å². The van der Waals surface area contributed by atoms with Gasteiger partial charge in [-0.05, 0) is 25.7 Å². The monoisotopic (exact) mass is 238 g/mol. The van der Waals surface area contributed by atoms with Crippen molar-refractivity contribution >= 4 is 11.6 Å². The minimum Gasteiger partial charge on any atom is -0.300 e. The first-order valence-corrected chi connectivity index (χ1v) is 7.32. The van der Waals surface area contributed by atoms with Crippen molar-refractivity contribution < 1.29 is 9.59 Å². The minimum absolute atomic E-state index is 0.396. The first-order valence-electron chi connectivity index (χ1n) is 7.32. The van der Waals surface area contributed by atoms with Crippen molar-refractivity contribution in [3.63, 3.8) is 0 Å². The number of Topliss-reactive ketones (excluding diaryl/α,β-unsaturated/α-hetero) is 2. The lowest BCUT2D eigenvalue weighted by Crippen LogP contribution is -2.00. The van der Waals surface area contributed by atoms with Gasteiger partial charge in [-0.15, -0.1) is 0 Å². The molecule has 0 spiro atoms. The highest BCUT2D eigenvalue weighted by atomic mass is 16.1. The zero-order chi connectivity index (χ0) is 12.3. The first-order chi connectivity index (χ1) is 8.29. The fourth-order valence-electron chi connectivity index (χ4n) is 2.42. The molecule has 0 aliphatic heterocycles. The third-order valence-corrected chi connectivity index (χ3v) is 3.57. The Morgan fingerprint density at radius 2 is 0.647 bits per heavy atom. The van der Waals surface area contributed by atoms with E-state index < -0.39 is 0 Å². The number of carbonyl (C=O) groups is 2. The number of carbonyl (C=O) groups excluding carboxylic acids is 2. The molecule has 0 unspecified atom stereocenters. The van der Waals surface area contributed by atoms with E-state index in [2.05, 4.69) is 0 Å². The molecule has 0 saturated heterocycles. The predicted octanol–water partition coefficient (Wildman–Crippen LogP) is 4.21. The smallest absolute Gasteiger partial charge is 0.132 e. The van der Waals surface area contributed by atoms with Gasteiger partial charge in [-0.25, -0.2) is 0 Å². The lowest BCUT2D eigenvalue weighted by molar-refractivity contribution is -0.121. The maximum Gasteiger partial charge on any atom is 0.132 e. The summed E-state index contributed by atoms with van der Waals surface area (Å²) in [5, 5.41) is 0. The second-order valence-electron chi connectivity index (χ2n) is 5.26. The third-order valence-electron chi connectivity index (χ3n) is 3.57. The minimum atomic E-state index is 0.396. The lowest BCUT2D eigenvalue weighted by atomic mass is 10.0. The van der Waals surface area contributed by atoms with E-state index in [9.17, 15) is 9.59 Å². The molecule has 0 amide bonds. The first kappa shape index (κ1) is 14.4. The van der Waals surface area contributed by atoms with E-state index in [4.69, 9.17) is 0 Å². The van der Waals surface area contributed by atoms with Gasteiger partial charge < -0.3 is 0 Å². The van der Waals surface area contributed by atoms with Crippen LogP contribution in [-0.2, 0) is 9.59 Å². The molecule has 0 atom stereocenters. The van der Waals surface area contributed by atoms with E-state index in [-0.39, 0.29) is 0 Å². The van der Waals surface area contributed by atoms with Gasteiger partial charge in [-0.1, -0.05) is 32.1 Å². The maximum atomic E-state index is 11.5. The van der Waals surface area contributed by atoms with E-state index in [1.165, 1.54) is 32.1 Å². The van der Waals surface area contributed by atoms with Crippen molar-refractivity contribution in [2.75, 3.05) is 0 Å². The van der Waals surface area contributed by atoms with E-state index >= 15 is 0 Å². The Kier molecular flexibility index (Phi) is 7.94. The van der Waals surface area contributed by atoms with Crippen LogP contribution >= 0.6 is 0 Å². The Morgan fingerprint density at radius 3 is 1.00 bits per heavy atom. The summed E-state index contributed by atoms with van der Waals surface area (Å²) >= 11 is 0. The summed E-state index contributed by atoms with van der Waals surface area (Å²) in [7, 11) is 0. The molecular formula is C15H26O2. The Balaban J connectivity index is 2.24. The average molecular weight is 238 g/mol. The van der Waals surface area contributed by atoms with Crippen molar-refractivity contribution in [2.45, 2.75) is 83.5 Å². The SMILES string of the molecule is O=C1CCCCCCCCCC(=O)CCCC1. The molecule has 98 valence electrons. The second-order valence-corrected chi connectivity index (χ2v) is 5.26. The van der Waals surface area contributed by atoms with Gasteiger partial charge in [0.2, 0.25) is 0 Å². The largest absolute Gasteiger partial charge is 0.300 e. The van der Waals surface area contributed by atoms with Crippen LogP contribution < -0.4 is 0 Å².